The van der Waals surface area contributed by atoms with Gasteiger partial charge >= 0.3 is 5.97 Å². The minimum Gasteiger partial charge on any atom is -0.497 e. The number of thiophene rings is 2. The highest BCUT2D eigenvalue weighted by atomic mass is 35.5. The van der Waals surface area contributed by atoms with E-state index in [9.17, 15) is 9.59 Å². The number of fused-ring (bicyclic) bond motifs is 2. The summed E-state index contributed by atoms with van der Waals surface area (Å²) < 4.78 is 11.2. The van der Waals surface area contributed by atoms with Crippen LogP contribution in [0.2, 0.25) is 5.02 Å². The molecule has 0 radical (unpaired) electrons. The van der Waals surface area contributed by atoms with Gasteiger partial charge in [-0.05, 0) is 60.6 Å². The molecule has 8 heteroatoms. The standard InChI is InChI=1S/C26H22ClNO4S2/c1-31-17-9-10-20-18(12-17)22(27)23(34-20)24(29)28-25-21(26(30)32-2)19(13-33-25)16-8-7-14-5-3-4-6-15(14)11-16/h7-13H,3-6H2,1-2H3,(H,28,29). The molecule has 2 heterocycles. The molecule has 0 saturated heterocycles. The minimum atomic E-state index is -0.489. The molecular weight excluding hydrogens is 490 g/mol. The van der Waals surface area contributed by atoms with E-state index in [-0.39, 0.29) is 5.91 Å². The quantitative estimate of drug-likeness (QED) is 0.287. The molecule has 1 N–H and O–H groups in total. The molecule has 5 nitrogen and oxygen atoms in total. The number of hydrogen-bond donors (Lipinski definition) is 1. The van der Waals surface area contributed by atoms with Crippen molar-refractivity contribution in [3.63, 3.8) is 0 Å². The van der Waals surface area contributed by atoms with E-state index in [1.807, 2.05) is 29.6 Å². The lowest BCUT2D eigenvalue weighted by atomic mass is 9.89. The van der Waals surface area contributed by atoms with Crippen molar-refractivity contribution in [2.45, 2.75) is 25.7 Å². The SMILES string of the molecule is COC(=O)c1c(-c2ccc3c(c2)CCCC3)csc1NC(=O)c1sc2ccc(OC)cc2c1Cl. The van der Waals surface area contributed by atoms with Crippen molar-refractivity contribution < 1.29 is 19.1 Å². The number of methoxy groups -OCH3 is 2. The van der Waals surface area contributed by atoms with E-state index >= 15 is 0 Å². The third-order valence-corrected chi connectivity index (χ3v) is 8.68. The second-order valence-corrected chi connectivity index (χ2v) is 10.4. The Morgan fingerprint density at radius 2 is 1.82 bits per heavy atom. The number of hydrogen-bond acceptors (Lipinski definition) is 6. The predicted octanol–water partition coefficient (Wildman–Crippen LogP) is 7.21. The van der Waals surface area contributed by atoms with Crippen molar-refractivity contribution >= 4 is 61.2 Å². The Bertz CT molecular complexity index is 1420. The highest BCUT2D eigenvalue weighted by Crippen LogP contribution is 2.40. The molecule has 0 saturated carbocycles. The van der Waals surface area contributed by atoms with Gasteiger partial charge in [-0.15, -0.1) is 22.7 Å². The van der Waals surface area contributed by atoms with Crippen molar-refractivity contribution in [1.29, 1.82) is 0 Å². The number of aryl methyl sites for hydroxylation is 2. The Balaban J connectivity index is 1.51. The summed E-state index contributed by atoms with van der Waals surface area (Å²) in [7, 11) is 2.93. The number of ether oxygens (including phenoxy) is 2. The van der Waals surface area contributed by atoms with E-state index in [1.54, 1.807) is 7.11 Å². The molecule has 5 rings (SSSR count). The highest BCUT2D eigenvalue weighted by Gasteiger charge is 2.25. The summed E-state index contributed by atoms with van der Waals surface area (Å²) in [5.41, 5.74) is 4.76. The topological polar surface area (TPSA) is 64.6 Å². The smallest absolute Gasteiger partial charge is 0.341 e. The molecule has 0 bridgehead atoms. The van der Waals surface area contributed by atoms with E-state index in [1.165, 1.54) is 53.8 Å². The van der Waals surface area contributed by atoms with Gasteiger partial charge in [0.25, 0.3) is 5.91 Å². The molecule has 2 aromatic carbocycles. The first-order valence-corrected chi connectivity index (χ1v) is 13.0. The van der Waals surface area contributed by atoms with Crippen LogP contribution in [0, 0.1) is 0 Å². The van der Waals surface area contributed by atoms with Crippen LogP contribution in [0.25, 0.3) is 21.2 Å². The molecule has 4 aromatic rings. The van der Waals surface area contributed by atoms with Gasteiger partial charge < -0.3 is 14.8 Å². The lowest BCUT2D eigenvalue weighted by Gasteiger charge is -2.16. The Kier molecular flexibility index (Phi) is 6.34. The molecule has 1 aliphatic rings. The molecule has 0 fully saturated rings. The fourth-order valence-corrected chi connectivity index (χ4v) is 6.68. The third-order valence-electron chi connectivity index (χ3n) is 6.11. The number of nitrogens with one attached hydrogen (secondary N) is 1. The molecule has 1 aliphatic carbocycles. The summed E-state index contributed by atoms with van der Waals surface area (Å²) in [4.78, 5) is 26.3. The molecule has 0 unspecified atom stereocenters. The van der Waals surface area contributed by atoms with E-state index in [0.29, 0.717) is 26.2 Å². The average Bonchev–Trinajstić information content (AvgIpc) is 3.43. The maximum atomic E-state index is 13.2. The van der Waals surface area contributed by atoms with E-state index in [2.05, 4.69) is 17.4 Å². The molecular formula is C26H22ClNO4S2. The fourth-order valence-electron chi connectivity index (χ4n) is 4.35. The molecule has 1 amide bonds. The number of anilines is 1. The first-order valence-electron chi connectivity index (χ1n) is 10.9. The van der Waals surface area contributed by atoms with Crippen LogP contribution >= 0.6 is 34.3 Å². The van der Waals surface area contributed by atoms with Gasteiger partial charge in [0.2, 0.25) is 0 Å². The molecule has 0 atom stereocenters. The van der Waals surface area contributed by atoms with Gasteiger partial charge in [-0.2, -0.15) is 0 Å². The number of amides is 1. The van der Waals surface area contributed by atoms with Crippen molar-refractivity contribution in [2.75, 3.05) is 19.5 Å². The second kappa shape index (κ2) is 9.41. The number of carbonyl (C=O) groups excluding carboxylic acids is 2. The number of halogens is 1. The first-order chi connectivity index (χ1) is 16.5. The number of rotatable bonds is 5. The van der Waals surface area contributed by atoms with Crippen molar-refractivity contribution in [2.24, 2.45) is 0 Å². The summed E-state index contributed by atoms with van der Waals surface area (Å²) in [6.07, 6.45) is 4.51. The van der Waals surface area contributed by atoms with Crippen LogP contribution in [-0.4, -0.2) is 26.1 Å². The molecule has 174 valence electrons. The van der Waals surface area contributed by atoms with Crippen LogP contribution in [0.4, 0.5) is 5.00 Å². The molecule has 0 spiro atoms. The van der Waals surface area contributed by atoms with Crippen molar-refractivity contribution in [3.05, 3.63) is 68.4 Å². The fraction of sp³-hybridized carbons (Fsp3) is 0.231. The van der Waals surface area contributed by atoms with E-state index in [0.717, 1.165) is 34.1 Å². The van der Waals surface area contributed by atoms with Gasteiger partial charge in [-0.3, -0.25) is 4.79 Å². The summed E-state index contributed by atoms with van der Waals surface area (Å²) >= 11 is 9.15. The number of benzene rings is 2. The number of carbonyl (C=O) groups is 2. The van der Waals surface area contributed by atoms with Gasteiger partial charge in [-0.1, -0.05) is 29.8 Å². The lowest BCUT2D eigenvalue weighted by Crippen LogP contribution is -2.13. The Hall–Kier alpha value is -2.87. The maximum Gasteiger partial charge on any atom is 0.341 e. The van der Waals surface area contributed by atoms with Crippen molar-refractivity contribution in [3.8, 4) is 16.9 Å². The average molecular weight is 512 g/mol. The molecule has 34 heavy (non-hydrogen) atoms. The zero-order valence-electron chi connectivity index (χ0n) is 18.7. The van der Waals surface area contributed by atoms with Gasteiger partial charge in [0.05, 0.1) is 19.2 Å². The zero-order valence-corrected chi connectivity index (χ0v) is 21.1. The van der Waals surface area contributed by atoms with Crippen molar-refractivity contribution in [1.82, 2.24) is 0 Å². The van der Waals surface area contributed by atoms with Gasteiger partial charge in [0, 0.05) is 21.0 Å². The van der Waals surface area contributed by atoms with Crippen LogP contribution in [0.3, 0.4) is 0 Å². The summed E-state index contributed by atoms with van der Waals surface area (Å²) in [6, 6.07) is 11.9. The zero-order chi connectivity index (χ0) is 23.8. The largest absolute Gasteiger partial charge is 0.497 e. The van der Waals surface area contributed by atoms with Crippen LogP contribution in [-0.2, 0) is 17.6 Å². The highest BCUT2D eigenvalue weighted by molar-refractivity contribution is 7.22. The summed E-state index contributed by atoms with van der Waals surface area (Å²) in [5, 5.41) is 6.35. The number of esters is 1. The predicted molar refractivity (Wildman–Crippen MR) is 139 cm³/mol. The minimum absolute atomic E-state index is 0.357. The first kappa shape index (κ1) is 22.9. The van der Waals surface area contributed by atoms with Crippen LogP contribution in [0.15, 0.2) is 41.8 Å². The lowest BCUT2D eigenvalue weighted by molar-refractivity contribution is 0.0603. The monoisotopic (exact) mass is 511 g/mol. The normalized spacial score (nSPS) is 12.9. The van der Waals surface area contributed by atoms with Crippen LogP contribution < -0.4 is 10.1 Å². The Labute approximate surface area is 210 Å². The van der Waals surface area contributed by atoms with Gasteiger partial charge in [0.15, 0.2) is 0 Å². The van der Waals surface area contributed by atoms with Gasteiger partial charge in [0.1, 0.15) is 21.2 Å². The van der Waals surface area contributed by atoms with E-state index in [4.69, 9.17) is 21.1 Å². The summed E-state index contributed by atoms with van der Waals surface area (Å²) in [5.74, 6) is -0.189. The second-order valence-electron chi connectivity index (χ2n) is 8.10. The molecule has 0 aliphatic heterocycles. The van der Waals surface area contributed by atoms with Crippen LogP contribution in [0.5, 0.6) is 5.75 Å². The summed E-state index contributed by atoms with van der Waals surface area (Å²) in [6.45, 7) is 0. The van der Waals surface area contributed by atoms with Crippen LogP contribution in [0.1, 0.15) is 44.0 Å². The molecule has 2 aromatic heterocycles. The Morgan fingerprint density at radius 1 is 1.03 bits per heavy atom. The van der Waals surface area contributed by atoms with Gasteiger partial charge in [-0.25, -0.2) is 4.79 Å². The Morgan fingerprint density at radius 3 is 2.59 bits per heavy atom. The third kappa shape index (κ3) is 4.08. The van der Waals surface area contributed by atoms with E-state index < -0.39 is 5.97 Å². The maximum absolute atomic E-state index is 13.2.